The maximum absolute atomic E-state index is 12.7. The molecule has 0 saturated carbocycles. The number of carbonyl (C=O) groups excluding carboxylic acids is 3. The predicted octanol–water partition coefficient (Wildman–Crippen LogP) is 3.10. The van der Waals surface area contributed by atoms with Crippen molar-refractivity contribution < 1.29 is 24.0 Å². The van der Waals surface area contributed by atoms with Crippen molar-refractivity contribution in [3.63, 3.8) is 0 Å². The molecule has 10 nitrogen and oxygen atoms in total. The minimum Gasteiger partial charge on any atom is -0.462 e. The minimum atomic E-state index is -0.564. The number of esters is 1. The van der Waals surface area contributed by atoms with Crippen LogP contribution < -0.4 is 10.2 Å². The molecular weight excluding hydrogens is 448 g/mol. The number of nitrogens with zero attached hydrogens (tertiary/aromatic N) is 3. The Kier molecular flexibility index (Phi) is 7.77. The molecule has 0 unspecified atom stereocenters. The van der Waals surface area contributed by atoms with Gasteiger partial charge in [0.25, 0.3) is 5.69 Å². The van der Waals surface area contributed by atoms with Gasteiger partial charge in [-0.25, -0.2) is 4.79 Å². The lowest BCUT2D eigenvalue weighted by Crippen LogP contribution is -2.48. The van der Waals surface area contributed by atoms with Crippen molar-refractivity contribution >= 4 is 45.4 Å². The maximum atomic E-state index is 12.7. The van der Waals surface area contributed by atoms with Gasteiger partial charge < -0.3 is 15.0 Å². The van der Waals surface area contributed by atoms with Crippen LogP contribution in [0.25, 0.3) is 0 Å². The summed E-state index contributed by atoms with van der Waals surface area (Å²) in [5.74, 6) is -1.02. The number of hydrogen-bond acceptors (Lipinski definition) is 9. The second-order valence-electron chi connectivity index (χ2n) is 7.62. The van der Waals surface area contributed by atoms with Crippen molar-refractivity contribution in [3.05, 3.63) is 50.4 Å². The third-order valence-corrected chi connectivity index (χ3v) is 6.67. The minimum absolute atomic E-state index is 0.0491. The molecule has 0 bridgehead atoms. The Hall–Kier alpha value is -3.31. The first-order chi connectivity index (χ1) is 15.7. The molecule has 1 aromatic heterocycles. The van der Waals surface area contributed by atoms with Gasteiger partial charge in [-0.05, 0) is 38.5 Å². The van der Waals surface area contributed by atoms with Crippen LogP contribution in [0.15, 0.2) is 24.3 Å². The van der Waals surface area contributed by atoms with Gasteiger partial charge in [0.1, 0.15) is 5.00 Å². The van der Waals surface area contributed by atoms with Crippen molar-refractivity contribution in [3.8, 4) is 0 Å². The number of ketones is 1. The molecule has 3 rings (SSSR count). The summed E-state index contributed by atoms with van der Waals surface area (Å²) >= 11 is 1.08. The number of anilines is 2. The lowest BCUT2D eigenvalue weighted by Gasteiger charge is -2.35. The van der Waals surface area contributed by atoms with Crippen LogP contribution >= 0.6 is 11.3 Å². The molecular formula is C22H26N4O6S. The Balaban J connectivity index is 1.60. The summed E-state index contributed by atoms with van der Waals surface area (Å²) in [5.41, 5.74) is 1.68. The van der Waals surface area contributed by atoms with Crippen LogP contribution in [0.2, 0.25) is 0 Å². The molecule has 0 aliphatic carbocycles. The molecule has 176 valence electrons. The molecule has 1 aliphatic rings. The van der Waals surface area contributed by atoms with E-state index < -0.39 is 10.9 Å². The van der Waals surface area contributed by atoms with Gasteiger partial charge in [-0.3, -0.25) is 24.6 Å². The molecule has 2 heterocycles. The number of nitrogens with one attached hydrogen (secondary N) is 1. The fourth-order valence-electron chi connectivity index (χ4n) is 3.71. The fourth-order valence-corrected chi connectivity index (χ4v) is 4.81. The second kappa shape index (κ2) is 10.5. The molecule has 33 heavy (non-hydrogen) atoms. The number of carbonyl (C=O) groups is 3. The van der Waals surface area contributed by atoms with E-state index >= 15 is 0 Å². The van der Waals surface area contributed by atoms with Crippen LogP contribution in [-0.4, -0.2) is 66.8 Å². The van der Waals surface area contributed by atoms with Gasteiger partial charge in [0.05, 0.1) is 28.5 Å². The Labute approximate surface area is 195 Å². The van der Waals surface area contributed by atoms with E-state index in [0.29, 0.717) is 41.6 Å². The Morgan fingerprint density at radius 1 is 1.15 bits per heavy atom. The zero-order chi connectivity index (χ0) is 24.1. The second-order valence-corrected chi connectivity index (χ2v) is 8.64. The molecule has 2 aromatic rings. The van der Waals surface area contributed by atoms with E-state index in [1.165, 1.54) is 19.1 Å². The summed E-state index contributed by atoms with van der Waals surface area (Å²) in [6.45, 7) is 7.74. The number of non-ortho nitro benzene ring substituents is 1. The summed E-state index contributed by atoms with van der Waals surface area (Å²) < 4.78 is 5.10. The number of nitro groups is 1. The smallest absolute Gasteiger partial charge is 0.341 e. The Bertz CT molecular complexity index is 1060. The van der Waals surface area contributed by atoms with E-state index in [9.17, 15) is 24.5 Å². The van der Waals surface area contributed by atoms with Crippen molar-refractivity contribution in [2.24, 2.45) is 0 Å². The van der Waals surface area contributed by atoms with E-state index in [4.69, 9.17) is 4.74 Å². The highest BCUT2D eigenvalue weighted by atomic mass is 32.1. The van der Waals surface area contributed by atoms with E-state index in [1.54, 1.807) is 26.0 Å². The van der Waals surface area contributed by atoms with E-state index in [2.05, 4.69) is 10.2 Å². The van der Waals surface area contributed by atoms with Crippen molar-refractivity contribution in [1.82, 2.24) is 4.90 Å². The van der Waals surface area contributed by atoms with E-state index in [-0.39, 0.29) is 36.1 Å². The first-order valence-corrected chi connectivity index (χ1v) is 11.4. The Morgan fingerprint density at radius 3 is 2.33 bits per heavy atom. The fraction of sp³-hybridized carbons (Fsp3) is 0.409. The number of piperazine rings is 1. The molecule has 1 amide bonds. The number of benzene rings is 1. The van der Waals surface area contributed by atoms with Gasteiger partial charge in [-0.15, -0.1) is 11.3 Å². The number of Topliss-reactive ketones (excluding diaryl/α,β-unsaturated/α-hetero) is 1. The average Bonchev–Trinajstić information content (AvgIpc) is 3.10. The lowest BCUT2D eigenvalue weighted by atomic mass is 10.1. The molecule has 0 radical (unpaired) electrons. The first kappa shape index (κ1) is 24.3. The standard InChI is InChI=1S/C22H26N4O6S/c1-4-32-22(29)19-14(2)20(15(3)27)33-21(19)23-18(28)13-24-9-11-25(12-10-24)16-5-7-17(8-6-16)26(30)31/h5-8H,4,9-13H2,1-3H3,(H,23,28). The summed E-state index contributed by atoms with van der Waals surface area (Å²) in [4.78, 5) is 51.9. The third-order valence-electron chi connectivity index (χ3n) is 5.36. The average molecular weight is 475 g/mol. The highest BCUT2D eigenvalue weighted by Gasteiger charge is 2.26. The lowest BCUT2D eigenvalue weighted by molar-refractivity contribution is -0.384. The van der Waals surface area contributed by atoms with Gasteiger partial charge >= 0.3 is 5.97 Å². The van der Waals surface area contributed by atoms with Crippen molar-refractivity contribution in [2.75, 3.05) is 49.5 Å². The topological polar surface area (TPSA) is 122 Å². The van der Waals surface area contributed by atoms with E-state index in [1.807, 2.05) is 4.90 Å². The third kappa shape index (κ3) is 5.74. The molecule has 1 aliphatic heterocycles. The molecule has 0 spiro atoms. The van der Waals surface area contributed by atoms with Gasteiger partial charge in [0, 0.05) is 44.0 Å². The van der Waals surface area contributed by atoms with Crippen LogP contribution in [0.5, 0.6) is 0 Å². The number of thiophene rings is 1. The van der Waals surface area contributed by atoms with E-state index in [0.717, 1.165) is 17.0 Å². The first-order valence-electron chi connectivity index (χ1n) is 10.5. The molecule has 1 saturated heterocycles. The summed E-state index contributed by atoms with van der Waals surface area (Å²) in [7, 11) is 0. The number of nitro benzene ring substituents is 1. The SMILES string of the molecule is CCOC(=O)c1c(NC(=O)CN2CCN(c3ccc([N+](=O)[O-])cc3)CC2)sc(C(C)=O)c1C. The number of rotatable bonds is 8. The van der Waals surface area contributed by atoms with Crippen molar-refractivity contribution in [1.29, 1.82) is 0 Å². The quantitative estimate of drug-likeness (QED) is 0.268. The molecule has 11 heteroatoms. The van der Waals surface area contributed by atoms with Gasteiger partial charge in [-0.2, -0.15) is 0 Å². The van der Waals surface area contributed by atoms with Crippen LogP contribution in [0.1, 0.15) is 39.4 Å². The number of amides is 1. The van der Waals surface area contributed by atoms with Gasteiger partial charge in [0.15, 0.2) is 5.78 Å². The van der Waals surface area contributed by atoms with Crippen LogP contribution in [0, 0.1) is 17.0 Å². The highest BCUT2D eigenvalue weighted by Crippen LogP contribution is 2.34. The van der Waals surface area contributed by atoms with Gasteiger partial charge in [0.2, 0.25) is 5.91 Å². The summed E-state index contributed by atoms with van der Waals surface area (Å²) in [6, 6.07) is 6.41. The molecule has 1 fully saturated rings. The zero-order valence-corrected chi connectivity index (χ0v) is 19.6. The van der Waals surface area contributed by atoms with Crippen molar-refractivity contribution in [2.45, 2.75) is 20.8 Å². The monoisotopic (exact) mass is 474 g/mol. The summed E-state index contributed by atoms with van der Waals surface area (Å²) in [5, 5.41) is 13.9. The van der Waals surface area contributed by atoms with Crippen LogP contribution in [0.4, 0.5) is 16.4 Å². The predicted molar refractivity (Wildman–Crippen MR) is 125 cm³/mol. The highest BCUT2D eigenvalue weighted by molar-refractivity contribution is 7.18. The molecule has 1 aromatic carbocycles. The van der Waals surface area contributed by atoms with Crippen LogP contribution in [-0.2, 0) is 9.53 Å². The maximum Gasteiger partial charge on any atom is 0.341 e. The Morgan fingerprint density at radius 2 is 1.79 bits per heavy atom. The zero-order valence-electron chi connectivity index (χ0n) is 18.8. The normalized spacial score (nSPS) is 14.1. The van der Waals surface area contributed by atoms with Crippen LogP contribution in [0.3, 0.4) is 0 Å². The largest absolute Gasteiger partial charge is 0.462 e. The number of hydrogen-bond donors (Lipinski definition) is 1. The molecule has 1 N–H and O–H groups in total. The van der Waals surface area contributed by atoms with Gasteiger partial charge in [-0.1, -0.05) is 0 Å². The number of ether oxygens (including phenoxy) is 1. The summed E-state index contributed by atoms with van der Waals surface area (Å²) in [6.07, 6.45) is 0. The molecule has 0 atom stereocenters.